The highest BCUT2D eigenvalue weighted by atomic mass is 79.9. The number of unbranched alkanes of at least 4 members (excludes halogenated alkanes) is 1. The fourth-order valence-corrected chi connectivity index (χ4v) is 2.34. The molecule has 19 heavy (non-hydrogen) atoms. The molecule has 3 heteroatoms. The highest BCUT2D eigenvalue weighted by Gasteiger charge is 2.09. The van der Waals surface area contributed by atoms with Crippen LogP contribution in [0.15, 0.2) is 18.2 Å². The van der Waals surface area contributed by atoms with E-state index in [1.807, 2.05) is 18.2 Å². The molecule has 1 aromatic rings. The number of carbonyl (C=O) groups excluding carboxylic acids is 1. The monoisotopic (exact) mass is 326 g/mol. The second-order valence-corrected chi connectivity index (χ2v) is 5.41. The summed E-state index contributed by atoms with van der Waals surface area (Å²) in [6.07, 6.45) is 5.63. The summed E-state index contributed by atoms with van der Waals surface area (Å²) in [6.45, 7) is 5.10. The van der Waals surface area contributed by atoms with Crippen LogP contribution in [-0.4, -0.2) is 12.9 Å². The van der Waals surface area contributed by atoms with Crippen LogP contribution in [0.1, 0.15) is 55.5 Å². The molecular formula is C16H23BrO2. The summed E-state index contributed by atoms with van der Waals surface area (Å²) < 4.78 is 5.87. The van der Waals surface area contributed by atoms with Crippen molar-refractivity contribution in [3.63, 3.8) is 0 Å². The Kier molecular flexibility index (Phi) is 7.80. The lowest BCUT2D eigenvalue weighted by atomic mass is 10.0. The maximum atomic E-state index is 11.0. The molecule has 0 aromatic heterocycles. The van der Waals surface area contributed by atoms with E-state index in [2.05, 4.69) is 29.8 Å². The van der Waals surface area contributed by atoms with Gasteiger partial charge in [-0.3, -0.25) is 4.79 Å². The van der Waals surface area contributed by atoms with E-state index in [0.717, 1.165) is 23.6 Å². The van der Waals surface area contributed by atoms with E-state index < -0.39 is 0 Å². The third-order valence-corrected chi connectivity index (χ3v) is 4.02. The zero-order chi connectivity index (χ0) is 14.1. The Morgan fingerprint density at radius 2 is 2.16 bits per heavy atom. The lowest BCUT2D eigenvalue weighted by Gasteiger charge is -2.17. The smallest absolute Gasteiger partial charge is 0.153 e. The fraction of sp³-hybridized carbons (Fsp3) is 0.562. The minimum atomic E-state index is 0.576. The van der Waals surface area contributed by atoms with Gasteiger partial charge < -0.3 is 4.74 Å². The molecule has 1 rings (SSSR count). The van der Waals surface area contributed by atoms with Crippen molar-refractivity contribution < 1.29 is 9.53 Å². The van der Waals surface area contributed by atoms with Crippen molar-refractivity contribution in [1.82, 2.24) is 0 Å². The Bertz CT molecular complexity index is 390. The van der Waals surface area contributed by atoms with Crippen molar-refractivity contribution >= 4 is 22.2 Å². The summed E-state index contributed by atoms with van der Waals surface area (Å²) in [4.78, 5) is 11.0. The third-order valence-electron chi connectivity index (χ3n) is 3.38. The van der Waals surface area contributed by atoms with Gasteiger partial charge in [0.1, 0.15) is 5.75 Å². The first-order valence-corrected chi connectivity index (χ1v) is 8.14. The maximum Gasteiger partial charge on any atom is 0.153 e. The molecule has 0 fully saturated rings. The number of hydrogen-bond acceptors (Lipinski definition) is 2. The highest BCUT2D eigenvalue weighted by molar-refractivity contribution is 9.08. The minimum absolute atomic E-state index is 0.576. The van der Waals surface area contributed by atoms with E-state index in [9.17, 15) is 4.79 Å². The van der Waals surface area contributed by atoms with Gasteiger partial charge in [-0.25, -0.2) is 0 Å². The molecular weight excluding hydrogens is 304 g/mol. The van der Waals surface area contributed by atoms with E-state index in [-0.39, 0.29) is 0 Å². The van der Waals surface area contributed by atoms with Crippen LogP contribution in [0.2, 0.25) is 0 Å². The molecule has 1 aromatic carbocycles. The van der Waals surface area contributed by atoms with E-state index in [1.165, 1.54) is 19.3 Å². The van der Waals surface area contributed by atoms with Gasteiger partial charge in [-0.15, -0.1) is 0 Å². The van der Waals surface area contributed by atoms with E-state index in [0.29, 0.717) is 23.8 Å². The van der Waals surface area contributed by atoms with Gasteiger partial charge in [-0.2, -0.15) is 0 Å². The van der Waals surface area contributed by atoms with Crippen molar-refractivity contribution in [2.75, 3.05) is 6.61 Å². The van der Waals surface area contributed by atoms with Gasteiger partial charge in [0.2, 0.25) is 0 Å². The summed E-state index contributed by atoms with van der Waals surface area (Å²) in [5.74, 6) is 1.29. The Hall–Kier alpha value is -0.830. The summed E-state index contributed by atoms with van der Waals surface area (Å²) in [5.41, 5.74) is 1.76. The number of rotatable bonds is 9. The molecule has 0 heterocycles. The average Bonchev–Trinajstić information content (AvgIpc) is 2.47. The second-order valence-electron chi connectivity index (χ2n) is 4.85. The molecule has 0 N–H and O–H groups in total. The molecule has 0 amide bonds. The molecule has 0 saturated carbocycles. The molecule has 0 unspecified atom stereocenters. The summed E-state index contributed by atoms with van der Waals surface area (Å²) in [7, 11) is 0. The maximum absolute atomic E-state index is 11.0. The van der Waals surface area contributed by atoms with Gasteiger partial charge in [0.05, 0.1) is 12.2 Å². The number of ether oxygens (including phenoxy) is 1. The number of hydrogen-bond donors (Lipinski definition) is 0. The zero-order valence-corrected chi connectivity index (χ0v) is 13.4. The first kappa shape index (κ1) is 16.2. The SMILES string of the molecule is CCCC[C@H](CC)COc1cc(CBr)ccc1C=O. The number of carbonyl (C=O) groups is 1. The fourth-order valence-electron chi connectivity index (χ4n) is 1.99. The first-order valence-electron chi connectivity index (χ1n) is 7.01. The molecule has 0 radical (unpaired) electrons. The Balaban J connectivity index is 2.66. The van der Waals surface area contributed by atoms with E-state index in [1.54, 1.807) is 0 Å². The molecule has 0 spiro atoms. The largest absolute Gasteiger partial charge is 0.493 e. The van der Waals surface area contributed by atoms with Crippen molar-refractivity contribution in [3.05, 3.63) is 29.3 Å². The zero-order valence-electron chi connectivity index (χ0n) is 11.8. The normalized spacial score (nSPS) is 12.2. The molecule has 1 atom stereocenters. The summed E-state index contributed by atoms with van der Waals surface area (Å²) >= 11 is 3.42. The molecule has 0 aliphatic carbocycles. The molecule has 2 nitrogen and oxygen atoms in total. The predicted molar refractivity (Wildman–Crippen MR) is 83.3 cm³/mol. The van der Waals surface area contributed by atoms with Crippen molar-refractivity contribution in [1.29, 1.82) is 0 Å². The van der Waals surface area contributed by atoms with Crippen LogP contribution in [0.25, 0.3) is 0 Å². The van der Waals surface area contributed by atoms with E-state index >= 15 is 0 Å². The van der Waals surface area contributed by atoms with Crippen molar-refractivity contribution in [2.24, 2.45) is 5.92 Å². The van der Waals surface area contributed by atoms with Gasteiger partial charge in [-0.1, -0.05) is 55.1 Å². The van der Waals surface area contributed by atoms with Gasteiger partial charge in [-0.05, 0) is 30.0 Å². The van der Waals surface area contributed by atoms with Gasteiger partial charge in [0.25, 0.3) is 0 Å². The first-order chi connectivity index (χ1) is 9.24. The van der Waals surface area contributed by atoms with Gasteiger partial charge in [0.15, 0.2) is 6.29 Å². The average molecular weight is 327 g/mol. The molecule has 0 saturated heterocycles. The van der Waals surface area contributed by atoms with Crippen LogP contribution in [0.3, 0.4) is 0 Å². The number of halogens is 1. The molecule has 106 valence electrons. The lowest BCUT2D eigenvalue weighted by Crippen LogP contribution is -2.12. The highest BCUT2D eigenvalue weighted by Crippen LogP contribution is 2.22. The minimum Gasteiger partial charge on any atom is -0.493 e. The topological polar surface area (TPSA) is 26.3 Å². The standard InChI is InChI=1S/C16H23BrO2/c1-3-5-6-13(4-2)12-19-16-9-14(10-17)7-8-15(16)11-18/h7-9,11,13H,3-6,10,12H2,1-2H3/t13-/m0/s1. The van der Waals surface area contributed by atoms with Crippen LogP contribution in [0, 0.1) is 5.92 Å². The van der Waals surface area contributed by atoms with Crippen LogP contribution < -0.4 is 4.74 Å². The van der Waals surface area contributed by atoms with Crippen LogP contribution >= 0.6 is 15.9 Å². The molecule has 0 aliphatic heterocycles. The second kappa shape index (κ2) is 9.13. The van der Waals surface area contributed by atoms with Crippen LogP contribution in [0.4, 0.5) is 0 Å². The van der Waals surface area contributed by atoms with Crippen LogP contribution in [-0.2, 0) is 5.33 Å². The Labute approximate surface area is 124 Å². The van der Waals surface area contributed by atoms with Crippen molar-refractivity contribution in [2.45, 2.75) is 44.9 Å². The quantitative estimate of drug-likeness (QED) is 0.472. The number of benzene rings is 1. The molecule has 0 aliphatic rings. The van der Waals surface area contributed by atoms with Crippen molar-refractivity contribution in [3.8, 4) is 5.75 Å². The number of aldehydes is 1. The van der Waals surface area contributed by atoms with Gasteiger partial charge >= 0.3 is 0 Å². The predicted octanol–water partition coefficient (Wildman–Crippen LogP) is 4.99. The summed E-state index contributed by atoms with van der Waals surface area (Å²) in [6, 6.07) is 5.72. The van der Waals surface area contributed by atoms with E-state index in [4.69, 9.17) is 4.74 Å². The Morgan fingerprint density at radius 3 is 2.74 bits per heavy atom. The van der Waals surface area contributed by atoms with Gasteiger partial charge in [0, 0.05) is 5.33 Å². The van der Waals surface area contributed by atoms with Crippen LogP contribution in [0.5, 0.6) is 5.75 Å². The number of alkyl halides is 1. The lowest BCUT2D eigenvalue weighted by molar-refractivity contribution is 0.111. The molecule has 0 bridgehead atoms. The Morgan fingerprint density at radius 1 is 1.37 bits per heavy atom. The summed E-state index contributed by atoms with van der Waals surface area (Å²) in [5, 5.41) is 0.773. The third kappa shape index (κ3) is 5.35.